The van der Waals surface area contributed by atoms with Crippen molar-refractivity contribution in [3.8, 4) is 0 Å². The van der Waals surface area contributed by atoms with Crippen molar-refractivity contribution < 1.29 is 14.7 Å². The quantitative estimate of drug-likeness (QED) is 0.754. The molecule has 4 rings (SSSR count). The number of carbonyl (C=O) groups is 2. The van der Waals surface area contributed by atoms with Gasteiger partial charge in [-0.2, -0.15) is 4.68 Å². The summed E-state index contributed by atoms with van der Waals surface area (Å²) in [5.74, 6) is 0.161. The van der Waals surface area contributed by atoms with Gasteiger partial charge >= 0.3 is 6.03 Å². The number of benzene rings is 1. The summed E-state index contributed by atoms with van der Waals surface area (Å²) in [7, 11) is 0. The molecular weight excluding hydrogens is 408 g/mol. The number of hydrogen-bond acceptors (Lipinski definition) is 6. The maximum atomic E-state index is 12.8. The topological polar surface area (TPSA) is 93.9 Å². The molecule has 172 valence electrons. The van der Waals surface area contributed by atoms with Crippen LogP contribution in [0.5, 0.6) is 0 Å². The van der Waals surface area contributed by atoms with Crippen molar-refractivity contribution in [1.82, 2.24) is 19.6 Å². The lowest BCUT2D eigenvalue weighted by Gasteiger charge is -2.37. The Kier molecular flexibility index (Phi) is 6.76. The zero-order valence-electron chi connectivity index (χ0n) is 18.8. The third-order valence-corrected chi connectivity index (χ3v) is 6.17. The number of anilines is 2. The van der Waals surface area contributed by atoms with E-state index in [0.717, 1.165) is 45.6 Å². The lowest BCUT2D eigenvalue weighted by Crippen LogP contribution is -2.49. The molecule has 32 heavy (non-hydrogen) atoms. The Bertz CT molecular complexity index is 958. The third-order valence-electron chi connectivity index (χ3n) is 6.17. The fourth-order valence-electron chi connectivity index (χ4n) is 4.37. The van der Waals surface area contributed by atoms with E-state index in [2.05, 4.69) is 45.3 Å². The third kappa shape index (κ3) is 5.28. The SMILES string of the molecule is CC(=O)Nc1ccn(C(=O)N2CCN(Cc3ccc(C)cc3N3CCC(O)CC3)CC2)n1. The van der Waals surface area contributed by atoms with Crippen LogP contribution in [0.4, 0.5) is 16.3 Å². The second-order valence-corrected chi connectivity index (χ2v) is 8.72. The number of aromatic nitrogens is 2. The summed E-state index contributed by atoms with van der Waals surface area (Å²) in [6, 6.07) is 8.05. The minimum Gasteiger partial charge on any atom is -0.393 e. The van der Waals surface area contributed by atoms with E-state index in [0.29, 0.717) is 18.9 Å². The summed E-state index contributed by atoms with van der Waals surface area (Å²) in [5, 5.41) is 16.6. The van der Waals surface area contributed by atoms with E-state index in [1.54, 1.807) is 17.2 Å². The van der Waals surface area contributed by atoms with Crippen LogP contribution in [0.25, 0.3) is 0 Å². The van der Waals surface area contributed by atoms with Crippen molar-refractivity contribution in [2.75, 3.05) is 49.5 Å². The Labute approximate surface area is 188 Å². The number of carbonyl (C=O) groups excluding carboxylic acids is 2. The number of aryl methyl sites for hydroxylation is 1. The summed E-state index contributed by atoms with van der Waals surface area (Å²) < 4.78 is 1.28. The van der Waals surface area contributed by atoms with Crippen LogP contribution in [-0.4, -0.2) is 82.0 Å². The van der Waals surface area contributed by atoms with Crippen molar-refractivity contribution in [2.24, 2.45) is 0 Å². The number of rotatable bonds is 4. The first kappa shape index (κ1) is 22.3. The van der Waals surface area contributed by atoms with Crippen molar-refractivity contribution in [1.29, 1.82) is 0 Å². The summed E-state index contributed by atoms with van der Waals surface area (Å²) in [6.45, 7) is 8.96. The molecule has 2 N–H and O–H groups in total. The number of nitrogens with one attached hydrogen (secondary N) is 1. The van der Waals surface area contributed by atoms with Crippen LogP contribution in [0.15, 0.2) is 30.5 Å². The van der Waals surface area contributed by atoms with Crippen LogP contribution >= 0.6 is 0 Å². The predicted molar refractivity (Wildman–Crippen MR) is 123 cm³/mol. The first-order valence-corrected chi connectivity index (χ1v) is 11.3. The highest BCUT2D eigenvalue weighted by Gasteiger charge is 2.25. The van der Waals surface area contributed by atoms with Crippen molar-refractivity contribution in [3.05, 3.63) is 41.6 Å². The molecule has 0 bridgehead atoms. The van der Waals surface area contributed by atoms with Gasteiger partial charge < -0.3 is 20.2 Å². The second kappa shape index (κ2) is 9.70. The van der Waals surface area contributed by atoms with Gasteiger partial charge in [0.15, 0.2) is 5.82 Å². The highest BCUT2D eigenvalue weighted by atomic mass is 16.3. The predicted octanol–water partition coefficient (Wildman–Crippen LogP) is 1.90. The van der Waals surface area contributed by atoms with Gasteiger partial charge in [-0.05, 0) is 37.0 Å². The van der Waals surface area contributed by atoms with Crippen LogP contribution in [0.3, 0.4) is 0 Å². The number of hydrogen-bond donors (Lipinski definition) is 2. The Morgan fingerprint density at radius 2 is 1.81 bits per heavy atom. The van der Waals surface area contributed by atoms with Crippen LogP contribution in [0.1, 0.15) is 30.9 Å². The van der Waals surface area contributed by atoms with Gasteiger partial charge in [0, 0.05) is 70.7 Å². The average molecular weight is 441 g/mol. The molecule has 2 aliphatic heterocycles. The smallest absolute Gasteiger partial charge is 0.344 e. The van der Waals surface area contributed by atoms with Crippen LogP contribution in [-0.2, 0) is 11.3 Å². The van der Waals surface area contributed by atoms with Gasteiger partial charge in [0.05, 0.1) is 6.10 Å². The molecule has 1 aromatic carbocycles. The molecule has 2 fully saturated rings. The molecule has 0 aliphatic carbocycles. The number of aliphatic hydroxyl groups excluding tert-OH is 1. The number of piperazine rings is 1. The monoisotopic (exact) mass is 440 g/mol. The summed E-state index contributed by atoms with van der Waals surface area (Å²) in [4.78, 5) is 30.5. The van der Waals surface area contributed by atoms with E-state index in [9.17, 15) is 14.7 Å². The molecule has 9 heteroatoms. The molecule has 2 amide bonds. The van der Waals surface area contributed by atoms with E-state index >= 15 is 0 Å². The first-order chi connectivity index (χ1) is 15.4. The maximum absolute atomic E-state index is 12.8. The fourth-order valence-corrected chi connectivity index (χ4v) is 4.37. The first-order valence-electron chi connectivity index (χ1n) is 11.3. The lowest BCUT2D eigenvalue weighted by molar-refractivity contribution is -0.114. The van der Waals surface area contributed by atoms with Gasteiger partial charge in [0.25, 0.3) is 0 Å². The fraction of sp³-hybridized carbons (Fsp3) is 0.522. The number of nitrogens with zero attached hydrogens (tertiary/aromatic N) is 5. The summed E-state index contributed by atoms with van der Waals surface area (Å²) >= 11 is 0. The molecule has 3 heterocycles. The Hall–Kier alpha value is -2.91. The molecule has 0 spiro atoms. The van der Waals surface area contributed by atoms with Gasteiger partial charge in [-0.15, -0.1) is 5.10 Å². The standard InChI is InChI=1S/C23H32N6O3/c1-17-3-4-19(21(15-17)27-8-5-20(31)6-9-27)16-26-11-13-28(14-12-26)23(32)29-10-7-22(25-29)24-18(2)30/h3-4,7,10,15,20,31H,5-6,8-9,11-14,16H2,1-2H3,(H,24,25,30). The molecular formula is C23H32N6O3. The summed E-state index contributed by atoms with van der Waals surface area (Å²) in [5.41, 5.74) is 3.79. The van der Waals surface area contributed by atoms with Gasteiger partial charge in [-0.1, -0.05) is 12.1 Å². The number of amides is 2. The molecule has 0 atom stereocenters. The minimum atomic E-state index is -0.215. The van der Waals surface area contributed by atoms with E-state index in [1.165, 1.54) is 28.4 Å². The molecule has 0 saturated carbocycles. The molecule has 0 unspecified atom stereocenters. The lowest BCUT2D eigenvalue weighted by atomic mass is 10.0. The van der Waals surface area contributed by atoms with Gasteiger partial charge in [0.1, 0.15) is 0 Å². The normalized spacial score (nSPS) is 18.1. The zero-order valence-corrected chi connectivity index (χ0v) is 18.8. The molecule has 1 aromatic heterocycles. The number of piperidine rings is 1. The Morgan fingerprint density at radius 1 is 1.09 bits per heavy atom. The van der Waals surface area contributed by atoms with Crippen molar-refractivity contribution in [2.45, 2.75) is 39.3 Å². The largest absolute Gasteiger partial charge is 0.393 e. The molecule has 0 radical (unpaired) electrons. The summed E-state index contributed by atoms with van der Waals surface area (Å²) in [6.07, 6.45) is 3.01. The molecule has 2 saturated heterocycles. The average Bonchev–Trinajstić information content (AvgIpc) is 3.23. The van der Waals surface area contributed by atoms with E-state index in [-0.39, 0.29) is 18.0 Å². The van der Waals surface area contributed by atoms with E-state index in [4.69, 9.17) is 0 Å². The molecule has 2 aromatic rings. The van der Waals surface area contributed by atoms with Gasteiger partial charge in [0.2, 0.25) is 5.91 Å². The van der Waals surface area contributed by atoms with Crippen LogP contribution in [0, 0.1) is 6.92 Å². The highest BCUT2D eigenvalue weighted by molar-refractivity contribution is 5.88. The van der Waals surface area contributed by atoms with Gasteiger partial charge in [-0.3, -0.25) is 9.69 Å². The van der Waals surface area contributed by atoms with Crippen molar-refractivity contribution >= 4 is 23.4 Å². The number of aliphatic hydroxyl groups is 1. The Balaban J connectivity index is 1.35. The molecule has 9 nitrogen and oxygen atoms in total. The highest BCUT2D eigenvalue weighted by Crippen LogP contribution is 2.27. The van der Waals surface area contributed by atoms with E-state index < -0.39 is 0 Å². The zero-order chi connectivity index (χ0) is 22.7. The van der Waals surface area contributed by atoms with Crippen LogP contribution < -0.4 is 10.2 Å². The minimum absolute atomic E-state index is 0.177. The van der Waals surface area contributed by atoms with E-state index in [1.807, 2.05) is 0 Å². The second-order valence-electron chi connectivity index (χ2n) is 8.72. The Morgan fingerprint density at radius 3 is 2.50 bits per heavy atom. The molecule has 2 aliphatic rings. The van der Waals surface area contributed by atoms with Crippen LogP contribution in [0.2, 0.25) is 0 Å². The van der Waals surface area contributed by atoms with Gasteiger partial charge in [-0.25, -0.2) is 4.79 Å². The van der Waals surface area contributed by atoms with Crippen molar-refractivity contribution in [3.63, 3.8) is 0 Å². The maximum Gasteiger partial charge on any atom is 0.344 e.